The van der Waals surface area contributed by atoms with Crippen molar-refractivity contribution in [1.29, 1.82) is 0 Å². The smallest absolute Gasteiger partial charge is 0.123 e. The number of hydrogen-bond donors (Lipinski definition) is 1. The van der Waals surface area contributed by atoms with Crippen LogP contribution in [0.2, 0.25) is 0 Å². The van der Waals surface area contributed by atoms with Crippen LogP contribution in [0, 0.1) is 17.7 Å². The van der Waals surface area contributed by atoms with Gasteiger partial charge < -0.3 is 14.7 Å². The minimum absolute atomic E-state index is 0.223. The molecule has 1 unspecified atom stereocenters. The highest BCUT2D eigenvalue weighted by Crippen LogP contribution is 2.40. The molecular weight excluding hydrogens is 329 g/mol. The number of phenolic OH excluding ortho intramolecular Hbond substituents is 1. The SMILES string of the molecule is CC(CN1C[C@H]2C[C@@H](Oc3ccc(F)cc3)C[C@H]2C1)c1ccc(O)cc1. The van der Waals surface area contributed by atoms with E-state index in [2.05, 4.69) is 11.8 Å². The Kier molecular flexibility index (Phi) is 4.86. The average Bonchev–Trinajstić information content (AvgIpc) is 3.15. The second-order valence-electron chi connectivity index (χ2n) is 7.90. The fraction of sp³-hybridized carbons (Fsp3) is 0.455. The first-order valence-corrected chi connectivity index (χ1v) is 9.50. The molecule has 1 N–H and O–H groups in total. The summed E-state index contributed by atoms with van der Waals surface area (Å²) in [5.74, 6) is 2.73. The zero-order valence-electron chi connectivity index (χ0n) is 15.1. The Morgan fingerprint density at radius 2 is 1.65 bits per heavy atom. The van der Waals surface area contributed by atoms with Crippen LogP contribution in [0.5, 0.6) is 11.5 Å². The highest BCUT2D eigenvalue weighted by molar-refractivity contribution is 5.28. The summed E-state index contributed by atoms with van der Waals surface area (Å²) in [5.41, 5.74) is 1.28. The molecule has 3 nitrogen and oxygen atoms in total. The molecule has 4 atom stereocenters. The molecule has 1 saturated carbocycles. The molecular formula is C22H26FNO2. The van der Waals surface area contributed by atoms with E-state index in [0.29, 0.717) is 23.5 Å². The van der Waals surface area contributed by atoms with Crippen molar-refractivity contribution >= 4 is 0 Å². The third kappa shape index (κ3) is 3.85. The van der Waals surface area contributed by atoms with Gasteiger partial charge in [-0.3, -0.25) is 0 Å². The molecule has 4 rings (SSSR count). The summed E-state index contributed by atoms with van der Waals surface area (Å²) < 4.78 is 19.1. The number of likely N-dealkylation sites (tertiary alicyclic amines) is 1. The van der Waals surface area contributed by atoms with Gasteiger partial charge in [-0.25, -0.2) is 4.39 Å². The second kappa shape index (κ2) is 7.28. The van der Waals surface area contributed by atoms with Gasteiger partial charge >= 0.3 is 0 Å². The maximum Gasteiger partial charge on any atom is 0.123 e. The van der Waals surface area contributed by atoms with Gasteiger partial charge in [0.1, 0.15) is 17.3 Å². The van der Waals surface area contributed by atoms with Crippen LogP contribution in [-0.4, -0.2) is 35.7 Å². The van der Waals surface area contributed by atoms with Crippen LogP contribution in [-0.2, 0) is 0 Å². The zero-order chi connectivity index (χ0) is 18.1. The number of halogens is 1. The molecule has 2 fully saturated rings. The van der Waals surface area contributed by atoms with E-state index in [-0.39, 0.29) is 11.9 Å². The Morgan fingerprint density at radius 3 is 2.27 bits per heavy atom. The van der Waals surface area contributed by atoms with Crippen LogP contribution in [0.25, 0.3) is 0 Å². The molecule has 1 aliphatic heterocycles. The standard InChI is InChI=1S/C22H26FNO2/c1-15(16-2-6-20(25)7-3-16)12-24-13-17-10-22(11-18(17)14-24)26-21-8-4-19(23)5-9-21/h2-9,15,17-18,22,25H,10-14H2,1H3/t15?,17-,18+,22-. The molecule has 138 valence electrons. The van der Waals surface area contributed by atoms with Crippen molar-refractivity contribution in [2.24, 2.45) is 11.8 Å². The first-order chi connectivity index (χ1) is 12.6. The van der Waals surface area contributed by atoms with Crippen LogP contribution < -0.4 is 4.74 Å². The second-order valence-corrected chi connectivity index (χ2v) is 7.90. The van der Waals surface area contributed by atoms with E-state index in [0.717, 1.165) is 38.2 Å². The van der Waals surface area contributed by atoms with Crippen LogP contribution in [0.3, 0.4) is 0 Å². The summed E-state index contributed by atoms with van der Waals surface area (Å²) in [6, 6.07) is 13.9. The lowest BCUT2D eigenvalue weighted by Crippen LogP contribution is -2.28. The molecule has 0 bridgehead atoms. The average molecular weight is 355 g/mol. The third-order valence-electron chi connectivity index (χ3n) is 5.89. The molecule has 2 aromatic carbocycles. The Morgan fingerprint density at radius 1 is 1.04 bits per heavy atom. The minimum atomic E-state index is -0.223. The largest absolute Gasteiger partial charge is 0.508 e. The number of rotatable bonds is 5. The molecule has 2 aromatic rings. The van der Waals surface area contributed by atoms with Gasteiger partial charge in [-0.15, -0.1) is 0 Å². The maximum absolute atomic E-state index is 13.0. The number of nitrogens with zero attached hydrogens (tertiary/aromatic N) is 1. The van der Waals surface area contributed by atoms with E-state index in [1.165, 1.54) is 17.7 Å². The Hall–Kier alpha value is -2.07. The minimum Gasteiger partial charge on any atom is -0.508 e. The number of ether oxygens (including phenoxy) is 1. The first-order valence-electron chi connectivity index (χ1n) is 9.50. The number of hydrogen-bond acceptors (Lipinski definition) is 3. The number of fused-ring (bicyclic) bond motifs is 1. The van der Waals surface area contributed by atoms with E-state index in [9.17, 15) is 9.50 Å². The van der Waals surface area contributed by atoms with E-state index in [1.54, 1.807) is 24.3 Å². The van der Waals surface area contributed by atoms with Crippen molar-refractivity contribution in [2.75, 3.05) is 19.6 Å². The van der Waals surface area contributed by atoms with Gasteiger partial charge in [0.15, 0.2) is 0 Å². The van der Waals surface area contributed by atoms with Crippen LogP contribution in [0.4, 0.5) is 4.39 Å². The summed E-state index contributed by atoms with van der Waals surface area (Å²) >= 11 is 0. The van der Waals surface area contributed by atoms with E-state index in [4.69, 9.17) is 4.74 Å². The third-order valence-corrected chi connectivity index (χ3v) is 5.89. The zero-order valence-corrected chi connectivity index (χ0v) is 15.1. The predicted molar refractivity (Wildman–Crippen MR) is 100.0 cm³/mol. The van der Waals surface area contributed by atoms with Crippen LogP contribution >= 0.6 is 0 Å². The molecule has 0 amide bonds. The van der Waals surface area contributed by atoms with Gasteiger partial charge in [0, 0.05) is 19.6 Å². The highest BCUT2D eigenvalue weighted by Gasteiger charge is 2.41. The lowest BCUT2D eigenvalue weighted by Gasteiger charge is -2.23. The Labute approximate surface area is 154 Å². The van der Waals surface area contributed by atoms with Gasteiger partial charge in [-0.05, 0) is 72.6 Å². The van der Waals surface area contributed by atoms with Crippen molar-refractivity contribution in [1.82, 2.24) is 4.90 Å². The fourth-order valence-corrected chi connectivity index (χ4v) is 4.59. The quantitative estimate of drug-likeness (QED) is 0.861. The molecule has 0 spiro atoms. The molecule has 1 heterocycles. The van der Waals surface area contributed by atoms with Crippen LogP contribution in [0.15, 0.2) is 48.5 Å². The number of aromatic hydroxyl groups is 1. The monoisotopic (exact) mass is 355 g/mol. The predicted octanol–water partition coefficient (Wildman–Crippen LogP) is 4.42. The summed E-state index contributed by atoms with van der Waals surface area (Å²) in [5, 5.41) is 9.43. The summed E-state index contributed by atoms with van der Waals surface area (Å²) in [6.07, 6.45) is 2.44. The van der Waals surface area contributed by atoms with Gasteiger partial charge in [0.05, 0.1) is 6.10 Å². The number of benzene rings is 2. The lowest BCUT2D eigenvalue weighted by molar-refractivity contribution is 0.184. The number of phenols is 1. The molecule has 0 aromatic heterocycles. The fourth-order valence-electron chi connectivity index (χ4n) is 4.59. The van der Waals surface area contributed by atoms with Crippen LogP contribution in [0.1, 0.15) is 31.2 Å². The maximum atomic E-state index is 13.0. The van der Waals surface area contributed by atoms with Gasteiger partial charge in [-0.1, -0.05) is 19.1 Å². The molecule has 0 radical (unpaired) electrons. The topological polar surface area (TPSA) is 32.7 Å². The Balaban J connectivity index is 1.28. The van der Waals surface area contributed by atoms with Gasteiger partial charge in [0.25, 0.3) is 0 Å². The molecule has 4 heteroatoms. The molecule has 1 saturated heterocycles. The van der Waals surface area contributed by atoms with Crippen molar-refractivity contribution in [3.8, 4) is 11.5 Å². The van der Waals surface area contributed by atoms with Crippen molar-refractivity contribution < 1.29 is 14.2 Å². The van der Waals surface area contributed by atoms with Crippen molar-refractivity contribution in [3.63, 3.8) is 0 Å². The van der Waals surface area contributed by atoms with Crippen molar-refractivity contribution in [2.45, 2.75) is 31.8 Å². The van der Waals surface area contributed by atoms with E-state index in [1.807, 2.05) is 12.1 Å². The summed E-state index contributed by atoms with van der Waals surface area (Å²) in [6.45, 7) is 5.58. The van der Waals surface area contributed by atoms with Gasteiger partial charge in [-0.2, -0.15) is 0 Å². The Bertz CT molecular complexity index is 717. The normalized spacial score (nSPS) is 26.6. The lowest BCUT2D eigenvalue weighted by atomic mass is 10.0. The van der Waals surface area contributed by atoms with Crippen molar-refractivity contribution in [3.05, 3.63) is 59.9 Å². The highest BCUT2D eigenvalue weighted by atomic mass is 19.1. The summed E-state index contributed by atoms with van der Waals surface area (Å²) in [4.78, 5) is 2.57. The first kappa shape index (κ1) is 17.3. The summed E-state index contributed by atoms with van der Waals surface area (Å²) in [7, 11) is 0. The molecule has 2 aliphatic rings. The van der Waals surface area contributed by atoms with Gasteiger partial charge in [0.2, 0.25) is 0 Å². The van der Waals surface area contributed by atoms with E-state index < -0.39 is 0 Å². The molecule has 1 aliphatic carbocycles. The van der Waals surface area contributed by atoms with E-state index >= 15 is 0 Å². The molecule has 26 heavy (non-hydrogen) atoms.